The summed E-state index contributed by atoms with van der Waals surface area (Å²) < 4.78 is 5.02. The molecule has 0 heterocycles. The number of benzene rings is 1. The molecule has 0 aliphatic heterocycles. The van der Waals surface area contributed by atoms with E-state index in [1.165, 1.54) is 0 Å². The molecule has 0 aliphatic carbocycles. The molecule has 1 aromatic rings. The Hall–Kier alpha value is -1.18. The van der Waals surface area contributed by atoms with Gasteiger partial charge in [0.15, 0.2) is 0 Å². The molecule has 0 spiro atoms. The Labute approximate surface area is 66.4 Å². The van der Waals surface area contributed by atoms with Gasteiger partial charge in [-0.3, -0.25) is 0 Å². The standard InChI is InChI=1S/C9H11O2/c1-3-7-4-5-8(10)6-9(7)11-2/h4-6,10H,1,3H2,2H3. The van der Waals surface area contributed by atoms with E-state index in [2.05, 4.69) is 6.92 Å². The minimum atomic E-state index is 0.221. The fraction of sp³-hybridized carbons (Fsp3) is 0.222. The molecule has 0 amide bonds. The molecule has 11 heavy (non-hydrogen) atoms. The van der Waals surface area contributed by atoms with Crippen molar-refractivity contribution >= 4 is 0 Å². The molecule has 1 radical (unpaired) electrons. The molecule has 0 aromatic heterocycles. The zero-order chi connectivity index (χ0) is 8.27. The van der Waals surface area contributed by atoms with Crippen LogP contribution in [0.5, 0.6) is 11.5 Å². The minimum absolute atomic E-state index is 0.221. The summed E-state index contributed by atoms with van der Waals surface area (Å²) in [6.07, 6.45) is 0.670. The molecular formula is C9H11O2. The molecule has 2 heteroatoms. The number of methoxy groups -OCH3 is 1. The number of ether oxygens (including phenoxy) is 1. The van der Waals surface area contributed by atoms with Crippen LogP contribution in [0.1, 0.15) is 5.56 Å². The SMILES string of the molecule is [CH2]Cc1ccc(O)cc1OC. The first-order chi connectivity index (χ1) is 5.27. The summed E-state index contributed by atoms with van der Waals surface area (Å²) in [7, 11) is 1.58. The van der Waals surface area contributed by atoms with Gasteiger partial charge in [0, 0.05) is 6.07 Å². The van der Waals surface area contributed by atoms with Crippen LogP contribution in [0.2, 0.25) is 0 Å². The van der Waals surface area contributed by atoms with Crippen LogP contribution in [0.3, 0.4) is 0 Å². The van der Waals surface area contributed by atoms with Crippen LogP contribution in [-0.2, 0) is 6.42 Å². The maximum absolute atomic E-state index is 9.06. The van der Waals surface area contributed by atoms with Gasteiger partial charge in [0.2, 0.25) is 0 Å². The Morgan fingerprint density at radius 2 is 2.27 bits per heavy atom. The molecule has 0 saturated heterocycles. The normalized spacial score (nSPS) is 9.64. The summed E-state index contributed by atoms with van der Waals surface area (Å²) in [6, 6.07) is 5.02. The molecule has 0 bridgehead atoms. The highest BCUT2D eigenvalue weighted by molar-refractivity contribution is 5.40. The molecule has 0 atom stereocenters. The second kappa shape index (κ2) is 3.28. The quantitative estimate of drug-likeness (QED) is 0.698. The monoisotopic (exact) mass is 151 g/mol. The van der Waals surface area contributed by atoms with Gasteiger partial charge >= 0.3 is 0 Å². The Kier molecular flexibility index (Phi) is 2.36. The van der Waals surface area contributed by atoms with Crippen LogP contribution in [0, 0.1) is 6.92 Å². The van der Waals surface area contributed by atoms with Crippen LogP contribution in [0.15, 0.2) is 18.2 Å². The van der Waals surface area contributed by atoms with Gasteiger partial charge in [-0.25, -0.2) is 0 Å². The Morgan fingerprint density at radius 1 is 1.55 bits per heavy atom. The van der Waals surface area contributed by atoms with Crippen molar-refractivity contribution in [3.63, 3.8) is 0 Å². The molecule has 1 rings (SSSR count). The van der Waals surface area contributed by atoms with Crippen molar-refractivity contribution in [2.45, 2.75) is 6.42 Å². The second-order valence-corrected chi connectivity index (χ2v) is 2.25. The maximum Gasteiger partial charge on any atom is 0.125 e. The first kappa shape index (κ1) is 7.92. The number of hydrogen-bond acceptors (Lipinski definition) is 2. The molecule has 2 nitrogen and oxygen atoms in total. The highest BCUT2D eigenvalue weighted by Gasteiger charge is 2.00. The van der Waals surface area contributed by atoms with Crippen LogP contribution >= 0.6 is 0 Å². The van der Waals surface area contributed by atoms with E-state index in [1.807, 2.05) is 0 Å². The van der Waals surface area contributed by atoms with E-state index < -0.39 is 0 Å². The Bertz CT molecular complexity index is 243. The lowest BCUT2D eigenvalue weighted by Crippen LogP contribution is -1.89. The second-order valence-electron chi connectivity index (χ2n) is 2.25. The van der Waals surface area contributed by atoms with Gasteiger partial charge < -0.3 is 9.84 Å². The molecule has 0 unspecified atom stereocenters. The Balaban J connectivity index is 3.06. The average molecular weight is 151 g/mol. The van der Waals surface area contributed by atoms with Crippen molar-refractivity contribution in [1.29, 1.82) is 0 Å². The lowest BCUT2D eigenvalue weighted by atomic mass is 10.1. The van der Waals surface area contributed by atoms with Gasteiger partial charge in [-0.05, 0) is 25.0 Å². The van der Waals surface area contributed by atoms with Crippen molar-refractivity contribution in [3.8, 4) is 11.5 Å². The molecular weight excluding hydrogens is 140 g/mol. The van der Waals surface area contributed by atoms with Gasteiger partial charge in [-0.2, -0.15) is 0 Å². The van der Waals surface area contributed by atoms with Crippen molar-refractivity contribution in [1.82, 2.24) is 0 Å². The van der Waals surface area contributed by atoms with Crippen LogP contribution in [0.4, 0.5) is 0 Å². The molecule has 0 saturated carbocycles. The minimum Gasteiger partial charge on any atom is -0.508 e. The summed E-state index contributed by atoms with van der Waals surface area (Å²) in [4.78, 5) is 0. The van der Waals surface area contributed by atoms with Gasteiger partial charge in [-0.15, -0.1) is 0 Å². The number of aromatic hydroxyl groups is 1. The fourth-order valence-corrected chi connectivity index (χ4v) is 0.940. The molecule has 59 valence electrons. The third-order valence-corrected chi connectivity index (χ3v) is 1.54. The summed E-state index contributed by atoms with van der Waals surface area (Å²) in [5.74, 6) is 0.916. The first-order valence-electron chi connectivity index (χ1n) is 3.43. The maximum atomic E-state index is 9.06. The average Bonchev–Trinajstić information content (AvgIpc) is 2.04. The first-order valence-corrected chi connectivity index (χ1v) is 3.43. The molecule has 0 fully saturated rings. The van der Waals surface area contributed by atoms with E-state index in [4.69, 9.17) is 9.84 Å². The van der Waals surface area contributed by atoms with Crippen molar-refractivity contribution in [3.05, 3.63) is 30.7 Å². The number of phenols is 1. The zero-order valence-corrected chi connectivity index (χ0v) is 6.50. The zero-order valence-electron chi connectivity index (χ0n) is 6.50. The molecule has 1 N–H and O–H groups in total. The smallest absolute Gasteiger partial charge is 0.125 e. The predicted octanol–water partition coefficient (Wildman–Crippen LogP) is 1.78. The predicted molar refractivity (Wildman–Crippen MR) is 43.7 cm³/mol. The lowest BCUT2D eigenvalue weighted by Gasteiger charge is -2.05. The highest BCUT2D eigenvalue weighted by Crippen LogP contribution is 2.23. The summed E-state index contributed by atoms with van der Waals surface area (Å²) in [5.41, 5.74) is 1.00. The van der Waals surface area contributed by atoms with Crippen molar-refractivity contribution < 1.29 is 9.84 Å². The summed E-state index contributed by atoms with van der Waals surface area (Å²) in [5, 5.41) is 9.06. The van der Waals surface area contributed by atoms with E-state index in [-0.39, 0.29) is 5.75 Å². The van der Waals surface area contributed by atoms with Crippen molar-refractivity contribution in [2.75, 3.05) is 7.11 Å². The third-order valence-electron chi connectivity index (χ3n) is 1.54. The molecule has 1 aromatic carbocycles. The third kappa shape index (κ3) is 1.64. The number of phenolic OH excluding ortho intramolecular Hbond substituents is 1. The van der Waals surface area contributed by atoms with E-state index >= 15 is 0 Å². The van der Waals surface area contributed by atoms with Gasteiger partial charge in [-0.1, -0.05) is 6.07 Å². The van der Waals surface area contributed by atoms with Gasteiger partial charge in [0.25, 0.3) is 0 Å². The summed E-state index contributed by atoms with van der Waals surface area (Å²) >= 11 is 0. The highest BCUT2D eigenvalue weighted by atomic mass is 16.5. The van der Waals surface area contributed by atoms with Crippen molar-refractivity contribution in [2.24, 2.45) is 0 Å². The van der Waals surface area contributed by atoms with Crippen LogP contribution in [0.25, 0.3) is 0 Å². The van der Waals surface area contributed by atoms with Gasteiger partial charge in [0.1, 0.15) is 11.5 Å². The van der Waals surface area contributed by atoms with Crippen LogP contribution < -0.4 is 4.74 Å². The van der Waals surface area contributed by atoms with Crippen LogP contribution in [-0.4, -0.2) is 12.2 Å². The largest absolute Gasteiger partial charge is 0.508 e. The van der Waals surface area contributed by atoms with E-state index in [0.717, 1.165) is 5.56 Å². The topological polar surface area (TPSA) is 29.5 Å². The van der Waals surface area contributed by atoms with E-state index in [9.17, 15) is 0 Å². The number of rotatable bonds is 2. The van der Waals surface area contributed by atoms with E-state index in [1.54, 1.807) is 25.3 Å². The summed E-state index contributed by atoms with van der Waals surface area (Å²) in [6.45, 7) is 3.73. The van der Waals surface area contributed by atoms with E-state index in [0.29, 0.717) is 12.2 Å². The van der Waals surface area contributed by atoms with Gasteiger partial charge in [0.05, 0.1) is 7.11 Å². The molecule has 0 aliphatic rings. The lowest BCUT2D eigenvalue weighted by molar-refractivity contribution is 0.403. The fourth-order valence-electron chi connectivity index (χ4n) is 0.940. The Morgan fingerprint density at radius 3 is 2.82 bits per heavy atom. The number of hydrogen-bond donors (Lipinski definition) is 1.